The molecule has 0 fully saturated rings. The van der Waals surface area contributed by atoms with Gasteiger partial charge in [0.2, 0.25) is 0 Å². The van der Waals surface area contributed by atoms with Crippen LogP contribution in [0.2, 0.25) is 5.02 Å². The zero-order valence-corrected chi connectivity index (χ0v) is 11.8. The Hall–Kier alpha value is -0.840. The summed E-state index contributed by atoms with van der Waals surface area (Å²) in [6, 6.07) is 5.96. The van der Waals surface area contributed by atoms with Gasteiger partial charge in [0.05, 0.1) is 11.6 Å². The summed E-state index contributed by atoms with van der Waals surface area (Å²) in [5, 5.41) is 4.07. The van der Waals surface area contributed by atoms with Crippen molar-refractivity contribution in [2.45, 2.75) is 13.1 Å². The molecule has 0 amide bonds. The highest BCUT2D eigenvalue weighted by Gasteiger charge is 2.01. The second kappa shape index (κ2) is 5.67. The van der Waals surface area contributed by atoms with Gasteiger partial charge >= 0.3 is 0 Å². The highest BCUT2D eigenvalue weighted by Crippen LogP contribution is 2.23. The van der Waals surface area contributed by atoms with Crippen molar-refractivity contribution in [3.05, 3.63) is 51.5 Å². The van der Waals surface area contributed by atoms with Crippen molar-refractivity contribution in [3.8, 4) is 0 Å². The first-order chi connectivity index (χ1) is 8.16. The van der Waals surface area contributed by atoms with Gasteiger partial charge in [-0.2, -0.15) is 0 Å². The third-order valence-electron chi connectivity index (χ3n) is 2.52. The summed E-state index contributed by atoms with van der Waals surface area (Å²) >= 11 is 9.40. The Morgan fingerprint density at radius 1 is 1.41 bits per heavy atom. The molecule has 1 aromatic carbocycles. The van der Waals surface area contributed by atoms with Crippen molar-refractivity contribution < 1.29 is 0 Å². The maximum absolute atomic E-state index is 6.03. The third-order valence-corrected chi connectivity index (χ3v) is 3.75. The molecule has 1 aromatic heterocycles. The second-order valence-corrected chi connectivity index (χ2v) is 5.07. The normalized spacial score (nSPS) is 10.8. The quantitative estimate of drug-likeness (QED) is 0.939. The largest absolute Gasteiger partial charge is 0.337 e. The van der Waals surface area contributed by atoms with Crippen LogP contribution in [-0.4, -0.2) is 9.55 Å². The molecule has 0 radical (unpaired) electrons. The van der Waals surface area contributed by atoms with Gasteiger partial charge in [-0.25, -0.2) is 4.98 Å². The number of halogens is 2. The summed E-state index contributed by atoms with van der Waals surface area (Å²) in [5.41, 5.74) is 1.16. The lowest BCUT2D eigenvalue weighted by Crippen LogP contribution is -2.15. The SMILES string of the molecule is Cn1ccnc1CNCc1ccc(Br)c(Cl)c1. The van der Waals surface area contributed by atoms with Crippen LogP contribution in [0.25, 0.3) is 0 Å². The average molecular weight is 315 g/mol. The van der Waals surface area contributed by atoms with E-state index in [0.717, 1.165) is 34.0 Å². The van der Waals surface area contributed by atoms with Gasteiger partial charge in [-0.15, -0.1) is 0 Å². The maximum atomic E-state index is 6.03. The molecule has 0 spiro atoms. The number of imidazole rings is 1. The number of rotatable bonds is 4. The Balaban J connectivity index is 1.90. The standard InChI is InChI=1S/C12H13BrClN3/c1-17-5-4-16-12(17)8-15-7-9-2-3-10(13)11(14)6-9/h2-6,15H,7-8H2,1H3. The van der Waals surface area contributed by atoms with E-state index in [1.54, 1.807) is 6.20 Å². The number of aryl methyl sites for hydroxylation is 1. The van der Waals surface area contributed by atoms with E-state index in [2.05, 4.69) is 26.2 Å². The van der Waals surface area contributed by atoms with Gasteiger partial charge in [0.1, 0.15) is 5.82 Å². The summed E-state index contributed by atoms with van der Waals surface area (Å²) in [6.45, 7) is 1.52. The van der Waals surface area contributed by atoms with Crippen molar-refractivity contribution in [2.24, 2.45) is 7.05 Å². The molecule has 1 N–H and O–H groups in total. The number of benzene rings is 1. The van der Waals surface area contributed by atoms with Crippen LogP contribution in [0.4, 0.5) is 0 Å². The van der Waals surface area contributed by atoms with Crippen LogP contribution < -0.4 is 5.32 Å². The van der Waals surface area contributed by atoms with E-state index >= 15 is 0 Å². The van der Waals surface area contributed by atoms with Gasteiger partial charge in [-0.3, -0.25) is 0 Å². The van der Waals surface area contributed by atoms with E-state index in [-0.39, 0.29) is 0 Å². The van der Waals surface area contributed by atoms with Gasteiger partial charge in [0.15, 0.2) is 0 Å². The molecule has 2 rings (SSSR count). The fourth-order valence-corrected chi connectivity index (χ4v) is 1.98. The fraction of sp³-hybridized carbons (Fsp3) is 0.250. The van der Waals surface area contributed by atoms with Crippen molar-refractivity contribution >= 4 is 27.5 Å². The van der Waals surface area contributed by atoms with Gasteiger partial charge in [0.25, 0.3) is 0 Å². The zero-order valence-electron chi connectivity index (χ0n) is 9.45. The fourth-order valence-electron chi connectivity index (χ4n) is 1.54. The van der Waals surface area contributed by atoms with Crippen LogP contribution in [-0.2, 0) is 20.1 Å². The zero-order chi connectivity index (χ0) is 12.3. The van der Waals surface area contributed by atoms with Gasteiger partial charge in [0, 0.05) is 30.5 Å². The minimum absolute atomic E-state index is 0.737. The van der Waals surface area contributed by atoms with E-state index in [1.807, 2.05) is 36.0 Å². The number of nitrogens with one attached hydrogen (secondary N) is 1. The van der Waals surface area contributed by atoms with E-state index in [9.17, 15) is 0 Å². The topological polar surface area (TPSA) is 29.9 Å². The maximum Gasteiger partial charge on any atom is 0.122 e. The Kier molecular flexibility index (Phi) is 4.20. The molecule has 0 aliphatic rings. The van der Waals surface area contributed by atoms with E-state index in [0.29, 0.717) is 0 Å². The first-order valence-corrected chi connectivity index (χ1v) is 6.45. The summed E-state index contributed by atoms with van der Waals surface area (Å²) in [4.78, 5) is 4.25. The monoisotopic (exact) mass is 313 g/mol. The molecule has 0 saturated heterocycles. The highest BCUT2D eigenvalue weighted by molar-refractivity contribution is 9.10. The molecule has 0 unspecified atom stereocenters. The Morgan fingerprint density at radius 2 is 2.24 bits per heavy atom. The van der Waals surface area contributed by atoms with E-state index < -0.39 is 0 Å². The minimum Gasteiger partial charge on any atom is -0.337 e. The van der Waals surface area contributed by atoms with E-state index in [1.165, 1.54) is 0 Å². The van der Waals surface area contributed by atoms with Gasteiger partial charge < -0.3 is 9.88 Å². The van der Waals surface area contributed by atoms with Crippen molar-refractivity contribution in [2.75, 3.05) is 0 Å². The smallest absolute Gasteiger partial charge is 0.122 e. The number of hydrogen-bond donors (Lipinski definition) is 1. The third kappa shape index (κ3) is 3.31. The Morgan fingerprint density at radius 3 is 2.88 bits per heavy atom. The number of aromatic nitrogens is 2. The van der Waals surface area contributed by atoms with Gasteiger partial charge in [-0.05, 0) is 33.6 Å². The van der Waals surface area contributed by atoms with Crippen molar-refractivity contribution in [1.29, 1.82) is 0 Å². The summed E-state index contributed by atoms with van der Waals surface area (Å²) in [6.07, 6.45) is 3.74. The lowest BCUT2D eigenvalue weighted by molar-refractivity contribution is 0.639. The predicted molar refractivity (Wildman–Crippen MR) is 72.9 cm³/mol. The molecule has 0 atom stereocenters. The molecule has 90 valence electrons. The Bertz CT molecular complexity index is 510. The molecular weight excluding hydrogens is 302 g/mol. The molecular formula is C12H13BrClN3. The van der Waals surface area contributed by atoms with Crippen LogP contribution >= 0.6 is 27.5 Å². The molecule has 1 heterocycles. The lowest BCUT2D eigenvalue weighted by Gasteiger charge is -2.06. The van der Waals surface area contributed by atoms with Crippen molar-refractivity contribution in [1.82, 2.24) is 14.9 Å². The van der Waals surface area contributed by atoms with Crippen LogP contribution in [0, 0.1) is 0 Å². The lowest BCUT2D eigenvalue weighted by atomic mass is 10.2. The van der Waals surface area contributed by atoms with Crippen molar-refractivity contribution in [3.63, 3.8) is 0 Å². The molecule has 0 aliphatic heterocycles. The second-order valence-electron chi connectivity index (χ2n) is 3.81. The number of nitrogens with zero attached hydrogens (tertiary/aromatic N) is 2. The molecule has 0 bridgehead atoms. The minimum atomic E-state index is 0.737. The first kappa shape index (κ1) is 12.6. The molecule has 17 heavy (non-hydrogen) atoms. The Labute approximate surface area is 114 Å². The molecule has 0 aliphatic carbocycles. The van der Waals surface area contributed by atoms with Crippen LogP contribution in [0.5, 0.6) is 0 Å². The number of hydrogen-bond acceptors (Lipinski definition) is 2. The first-order valence-electron chi connectivity index (χ1n) is 5.27. The average Bonchev–Trinajstić information content (AvgIpc) is 2.70. The summed E-state index contributed by atoms with van der Waals surface area (Å²) in [7, 11) is 1.99. The summed E-state index contributed by atoms with van der Waals surface area (Å²) < 4.78 is 2.92. The molecule has 2 aromatic rings. The van der Waals surface area contributed by atoms with E-state index in [4.69, 9.17) is 11.6 Å². The molecule has 5 heteroatoms. The van der Waals surface area contributed by atoms with Crippen LogP contribution in [0.1, 0.15) is 11.4 Å². The summed E-state index contributed by atoms with van der Waals surface area (Å²) in [5.74, 6) is 1.02. The van der Waals surface area contributed by atoms with Crippen LogP contribution in [0.3, 0.4) is 0 Å². The highest BCUT2D eigenvalue weighted by atomic mass is 79.9. The molecule has 0 saturated carbocycles. The predicted octanol–water partition coefficient (Wildman–Crippen LogP) is 3.13. The van der Waals surface area contributed by atoms with Crippen LogP contribution in [0.15, 0.2) is 35.1 Å². The molecule has 3 nitrogen and oxygen atoms in total. The van der Waals surface area contributed by atoms with Gasteiger partial charge in [-0.1, -0.05) is 17.7 Å².